The molecule has 0 saturated carbocycles. The zero-order valence-electron chi connectivity index (χ0n) is 9.97. The number of rotatable bonds is 5. The predicted molar refractivity (Wildman–Crippen MR) is 76.6 cm³/mol. The van der Waals surface area contributed by atoms with Gasteiger partial charge in [0.1, 0.15) is 18.1 Å². The minimum Gasteiger partial charge on any atom is -0.489 e. The summed E-state index contributed by atoms with van der Waals surface area (Å²) < 4.78 is 10.4. The van der Waals surface area contributed by atoms with Gasteiger partial charge in [0.15, 0.2) is 0 Å². The lowest BCUT2D eigenvalue weighted by Crippen LogP contribution is -1.95. The molecule has 2 rings (SSSR count). The van der Waals surface area contributed by atoms with Crippen LogP contribution >= 0.6 is 6.72 Å². The van der Waals surface area contributed by atoms with Crippen LogP contribution in [0.1, 0.15) is 5.56 Å². The summed E-state index contributed by atoms with van der Waals surface area (Å²) in [6.45, 7) is -3.28. The monoisotopic (exact) mass is 296 g/mol. The molecule has 100 valence electrons. The Hall–Kier alpha value is -1.39. The van der Waals surface area contributed by atoms with E-state index in [4.69, 9.17) is 19.0 Å². The first-order valence-corrected chi connectivity index (χ1v) is 8.17. The van der Waals surface area contributed by atoms with E-state index < -0.39 is 6.72 Å². The van der Waals surface area contributed by atoms with Crippen LogP contribution in [-0.4, -0.2) is 9.79 Å². The summed E-state index contributed by atoms with van der Waals surface area (Å²) >= 11 is 4.41. The number of hydrogen-bond donors (Lipinski definition) is 2. The fourth-order valence-corrected chi connectivity index (χ4v) is 2.15. The molecule has 0 radical (unpaired) electrons. The fraction of sp³-hybridized carbons (Fsp3) is 0.0769. The van der Waals surface area contributed by atoms with Gasteiger partial charge in [0.2, 0.25) is 0 Å². The third kappa shape index (κ3) is 5.01. The average molecular weight is 296 g/mol. The van der Waals surface area contributed by atoms with E-state index in [2.05, 4.69) is 11.8 Å². The molecule has 0 aromatic heterocycles. The molecule has 19 heavy (non-hydrogen) atoms. The molecule has 0 amide bonds. The Morgan fingerprint density at radius 1 is 0.947 bits per heavy atom. The first kappa shape index (κ1) is 14.0. The third-order valence-corrected chi connectivity index (χ3v) is 2.95. The molecule has 6 heteroatoms. The van der Waals surface area contributed by atoms with Gasteiger partial charge < -0.3 is 19.0 Å². The van der Waals surface area contributed by atoms with Gasteiger partial charge in [-0.3, -0.25) is 0 Å². The Bertz CT molecular complexity index is 582. The van der Waals surface area contributed by atoms with Crippen LogP contribution in [0, 0.1) is 0 Å². The number of hydrogen-bond acceptors (Lipinski definition) is 3. The van der Waals surface area contributed by atoms with Crippen molar-refractivity contribution in [2.45, 2.75) is 6.61 Å². The Labute approximate surface area is 116 Å². The van der Waals surface area contributed by atoms with Crippen LogP contribution in [0.2, 0.25) is 0 Å². The van der Waals surface area contributed by atoms with Gasteiger partial charge in [0.05, 0.1) is 0 Å². The van der Waals surface area contributed by atoms with E-state index in [-0.39, 0.29) is 5.75 Å². The van der Waals surface area contributed by atoms with Gasteiger partial charge in [-0.05, 0) is 17.7 Å². The van der Waals surface area contributed by atoms with Gasteiger partial charge in [-0.2, -0.15) is 0 Å². The lowest BCUT2D eigenvalue weighted by molar-refractivity contribution is 0.304. The van der Waals surface area contributed by atoms with Crippen LogP contribution in [0.25, 0.3) is 0 Å². The van der Waals surface area contributed by atoms with Crippen molar-refractivity contribution >= 4 is 18.5 Å². The largest absolute Gasteiger partial charge is 0.489 e. The minimum absolute atomic E-state index is 0.277. The van der Waals surface area contributed by atoms with Gasteiger partial charge in [-0.1, -0.05) is 36.4 Å². The molecule has 0 heterocycles. The highest BCUT2D eigenvalue weighted by atomic mass is 32.5. The Morgan fingerprint density at radius 2 is 1.63 bits per heavy atom. The Balaban J connectivity index is 2.01. The zero-order valence-corrected chi connectivity index (χ0v) is 11.7. The first-order chi connectivity index (χ1) is 9.03. The summed E-state index contributed by atoms with van der Waals surface area (Å²) in [5.74, 6) is 0.851. The second-order valence-corrected chi connectivity index (χ2v) is 6.42. The molecule has 0 spiro atoms. The average Bonchev–Trinajstić information content (AvgIpc) is 2.36. The summed E-state index contributed by atoms with van der Waals surface area (Å²) in [6, 6.07) is 16.3. The molecule has 0 unspecified atom stereocenters. The summed E-state index contributed by atoms with van der Waals surface area (Å²) in [4.78, 5) is 18.2. The van der Waals surface area contributed by atoms with Crippen molar-refractivity contribution in [2.75, 3.05) is 0 Å². The molecule has 0 saturated heterocycles. The molecule has 0 aliphatic rings. The number of ether oxygens (including phenoxy) is 1. The van der Waals surface area contributed by atoms with Gasteiger partial charge in [0, 0.05) is 17.9 Å². The van der Waals surface area contributed by atoms with Crippen molar-refractivity contribution in [3.8, 4) is 11.5 Å². The van der Waals surface area contributed by atoms with Crippen LogP contribution in [0.4, 0.5) is 0 Å². The molecule has 0 fully saturated rings. The van der Waals surface area contributed by atoms with E-state index in [0.717, 1.165) is 5.56 Å². The van der Waals surface area contributed by atoms with Crippen LogP contribution in [0.5, 0.6) is 11.5 Å². The van der Waals surface area contributed by atoms with Crippen molar-refractivity contribution in [1.29, 1.82) is 0 Å². The topological polar surface area (TPSA) is 58.9 Å². The number of benzene rings is 2. The highest BCUT2D eigenvalue weighted by molar-refractivity contribution is 8.06. The maximum Gasteiger partial charge on any atom is 0.375 e. The smallest absolute Gasteiger partial charge is 0.375 e. The fourth-order valence-electron chi connectivity index (χ4n) is 1.50. The van der Waals surface area contributed by atoms with E-state index >= 15 is 0 Å². The van der Waals surface area contributed by atoms with E-state index in [1.807, 2.05) is 30.3 Å². The Kier molecular flexibility index (Phi) is 4.56. The summed E-state index contributed by atoms with van der Waals surface area (Å²) in [7, 11) is 0. The standard InChI is InChI=1S/C13H13O4PS/c14-18(15,19)17-13-8-4-7-12(9-13)16-10-11-5-2-1-3-6-11/h1-9H,10H2,(H2,14,15,19). The van der Waals surface area contributed by atoms with Crippen molar-refractivity contribution in [3.05, 3.63) is 60.2 Å². The van der Waals surface area contributed by atoms with Crippen molar-refractivity contribution < 1.29 is 19.0 Å². The van der Waals surface area contributed by atoms with Crippen molar-refractivity contribution in [3.63, 3.8) is 0 Å². The molecule has 2 aromatic carbocycles. The minimum atomic E-state index is -3.71. The Morgan fingerprint density at radius 3 is 2.32 bits per heavy atom. The van der Waals surface area contributed by atoms with Gasteiger partial charge in [-0.25, -0.2) is 0 Å². The maximum absolute atomic E-state index is 9.09. The molecule has 2 aromatic rings. The second-order valence-electron chi connectivity index (χ2n) is 3.83. The van der Waals surface area contributed by atoms with E-state index in [9.17, 15) is 0 Å². The van der Waals surface area contributed by atoms with Gasteiger partial charge in [0.25, 0.3) is 0 Å². The third-order valence-electron chi connectivity index (χ3n) is 2.28. The first-order valence-electron chi connectivity index (χ1n) is 5.55. The highest BCUT2D eigenvalue weighted by Crippen LogP contribution is 2.38. The van der Waals surface area contributed by atoms with Crippen LogP contribution in [-0.2, 0) is 18.4 Å². The molecular weight excluding hydrogens is 283 g/mol. The van der Waals surface area contributed by atoms with Crippen molar-refractivity contribution in [2.24, 2.45) is 0 Å². The quantitative estimate of drug-likeness (QED) is 0.831. The van der Waals surface area contributed by atoms with Crippen LogP contribution in [0.3, 0.4) is 0 Å². The lowest BCUT2D eigenvalue weighted by Gasteiger charge is -2.11. The van der Waals surface area contributed by atoms with Crippen LogP contribution in [0.15, 0.2) is 54.6 Å². The molecule has 2 N–H and O–H groups in total. The molecular formula is C13H13O4PS. The maximum atomic E-state index is 9.09. The van der Waals surface area contributed by atoms with Gasteiger partial charge in [-0.15, -0.1) is 0 Å². The highest BCUT2D eigenvalue weighted by Gasteiger charge is 2.10. The SMILES string of the molecule is OP(O)(=S)Oc1cccc(OCc2ccccc2)c1. The summed E-state index contributed by atoms with van der Waals surface area (Å²) in [5.41, 5.74) is 1.04. The second kappa shape index (κ2) is 6.17. The lowest BCUT2D eigenvalue weighted by atomic mass is 10.2. The predicted octanol–water partition coefficient (Wildman–Crippen LogP) is 2.85. The van der Waals surface area contributed by atoms with E-state index in [0.29, 0.717) is 12.4 Å². The molecule has 4 nitrogen and oxygen atoms in total. The molecule has 0 aliphatic carbocycles. The van der Waals surface area contributed by atoms with Crippen LogP contribution < -0.4 is 9.26 Å². The summed E-state index contributed by atoms with van der Waals surface area (Å²) in [6.07, 6.45) is 0. The molecule has 0 aliphatic heterocycles. The normalized spacial score (nSPS) is 11.1. The molecule has 0 bridgehead atoms. The van der Waals surface area contributed by atoms with Crippen molar-refractivity contribution in [1.82, 2.24) is 0 Å². The van der Waals surface area contributed by atoms with Gasteiger partial charge >= 0.3 is 6.72 Å². The van der Waals surface area contributed by atoms with E-state index in [1.165, 1.54) is 0 Å². The van der Waals surface area contributed by atoms with E-state index in [1.54, 1.807) is 24.3 Å². The summed E-state index contributed by atoms with van der Waals surface area (Å²) in [5, 5.41) is 0. The molecule has 0 atom stereocenters. The zero-order chi connectivity index (χ0) is 13.7.